The summed E-state index contributed by atoms with van der Waals surface area (Å²) < 4.78 is 25.1. The summed E-state index contributed by atoms with van der Waals surface area (Å²) in [4.78, 5) is 32.8. The number of fused-ring (bicyclic) bond motifs is 1. The van der Waals surface area contributed by atoms with Gasteiger partial charge in [0.25, 0.3) is 5.91 Å². The van der Waals surface area contributed by atoms with Crippen LogP contribution < -0.4 is 15.4 Å². The molecule has 40 heavy (non-hydrogen) atoms. The van der Waals surface area contributed by atoms with Crippen molar-refractivity contribution in [1.82, 2.24) is 20.5 Å². The van der Waals surface area contributed by atoms with Crippen LogP contribution in [-0.4, -0.2) is 73.1 Å². The van der Waals surface area contributed by atoms with E-state index in [9.17, 15) is 14.0 Å². The fourth-order valence-corrected chi connectivity index (χ4v) is 5.54. The molecule has 8 nitrogen and oxygen atoms in total. The lowest BCUT2D eigenvalue weighted by Crippen LogP contribution is -2.51. The number of amides is 1. The number of rotatable bonds is 9. The van der Waals surface area contributed by atoms with Crippen LogP contribution in [-0.2, 0) is 4.74 Å². The number of carbonyl (C=O) groups excluding carboxylic acids is 2. The number of unbranched alkanes of at least 4 members (excludes halogenated alkanes) is 1. The normalized spacial score (nSPS) is 20.2. The second-order valence-electron chi connectivity index (χ2n) is 10.9. The Morgan fingerprint density at radius 1 is 1.25 bits per heavy atom. The monoisotopic (exact) mass is 548 g/mol. The first-order valence-electron chi connectivity index (χ1n) is 14.0. The zero-order chi connectivity index (χ0) is 28.1. The number of ether oxygens (including phenoxy) is 2. The first-order chi connectivity index (χ1) is 19.4. The molecule has 9 heteroatoms. The van der Waals surface area contributed by atoms with E-state index in [1.165, 1.54) is 18.5 Å². The number of nitrogens with zero attached hydrogens (tertiary/aromatic N) is 2. The molecule has 0 aliphatic carbocycles. The highest BCUT2D eigenvalue weighted by Gasteiger charge is 2.42. The minimum atomic E-state index is -0.425. The van der Waals surface area contributed by atoms with E-state index in [2.05, 4.69) is 20.5 Å². The van der Waals surface area contributed by atoms with Crippen LogP contribution in [0, 0.1) is 0 Å². The van der Waals surface area contributed by atoms with Crippen molar-refractivity contribution in [2.24, 2.45) is 0 Å². The van der Waals surface area contributed by atoms with Gasteiger partial charge >= 0.3 is 0 Å². The zero-order valence-corrected chi connectivity index (χ0v) is 23.2. The predicted molar refractivity (Wildman–Crippen MR) is 151 cm³/mol. The molecule has 1 aromatic carbocycles. The average Bonchev–Trinajstić information content (AvgIpc) is 2.96. The molecule has 212 valence electrons. The third-order valence-corrected chi connectivity index (χ3v) is 8.05. The molecular weight excluding hydrogens is 511 g/mol. The molecule has 1 spiro atoms. The van der Waals surface area contributed by atoms with Gasteiger partial charge < -0.3 is 25.0 Å². The Balaban J connectivity index is 1.19. The van der Waals surface area contributed by atoms with Crippen LogP contribution in [0.3, 0.4) is 0 Å². The molecule has 0 radical (unpaired) electrons. The predicted octanol–water partition coefficient (Wildman–Crippen LogP) is 4.43. The Bertz CT molecular complexity index is 1300. The molecule has 1 saturated heterocycles. The number of piperidine rings is 1. The molecule has 0 saturated carbocycles. The quantitative estimate of drug-likeness (QED) is 0.448. The highest BCUT2D eigenvalue weighted by atomic mass is 19.1. The number of aromatic nitrogens is 1. The smallest absolute Gasteiger partial charge is 0.253 e. The molecule has 2 N–H and O–H groups in total. The van der Waals surface area contributed by atoms with Gasteiger partial charge in [-0.1, -0.05) is 0 Å². The molecule has 1 unspecified atom stereocenters. The van der Waals surface area contributed by atoms with Crippen LogP contribution in [0.1, 0.15) is 59.7 Å². The largest absolute Gasteiger partial charge is 0.486 e. The molecule has 3 aliphatic heterocycles. The third-order valence-electron chi connectivity index (χ3n) is 8.05. The Morgan fingerprint density at radius 2 is 2.08 bits per heavy atom. The van der Waals surface area contributed by atoms with E-state index in [0.29, 0.717) is 29.0 Å². The Morgan fingerprint density at radius 3 is 2.83 bits per heavy atom. The van der Waals surface area contributed by atoms with Crippen LogP contribution in [0.2, 0.25) is 0 Å². The Kier molecular flexibility index (Phi) is 8.61. The molecule has 0 bridgehead atoms. The first-order valence-corrected chi connectivity index (χ1v) is 14.0. The minimum Gasteiger partial charge on any atom is -0.486 e. The first kappa shape index (κ1) is 28.0. The lowest BCUT2D eigenvalue weighted by atomic mass is 9.82. The molecule has 5 rings (SSSR count). The van der Waals surface area contributed by atoms with Crippen LogP contribution in [0.5, 0.6) is 5.75 Å². The van der Waals surface area contributed by atoms with Crippen molar-refractivity contribution in [1.29, 1.82) is 0 Å². The van der Waals surface area contributed by atoms with Crippen molar-refractivity contribution in [2.75, 3.05) is 39.9 Å². The topological polar surface area (TPSA) is 92.8 Å². The summed E-state index contributed by atoms with van der Waals surface area (Å²) in [6.07, 6.45) is 8.49. The van der Waals surface area contributed by atoms with E-state index in [0.717, 1.165) is 63.1 Å². The summed E-state index contributed by atoms with van der Waals surface area (Å²) in [6.45, 7) is 5.84. The van der Waals surface area contributed by atoms with E-state index in [-0.39, 0.29) is 30.1 Å². The standard InChI is InChI=1S/C31H37FN4O4/c1-21-24(15-25(32)20-33-21)19-35-30(38)23-5-7-27(34-18-23)22-6-8-29-26(16-22)28(37)17-31(40-29)9-12-36(13-10-31)11-3-4-14-39-2/h5-8,15-16,18,20-21,33H,3-4,9-14,17,19H2,1-2H3,(H,35,38). The van der Waals surface area contributed by atoms with E-state index in [4.69, 9.17) is 9.47 Å². The highest BCUT2D eigenvalue weighted by molar-refractivity contribution is 6.01. The number of ketones is 1. The zero-order valence-electron chi connectivity index (χ0n) is 23.2. The molecule has 1 atom stereocenters. The van der Waals surface area contributed by atoms with Crippen molar-refractivity contribution in [3.05, 3.63) is 71.3 Å². The number of carbonyl (C=O) groups is 2. The van der Waals surface area contributed by atoms with Crippen molar-refractivity contribution < 1.29 is 23.5 Å². The molecular formula is C31H37FN4O4. The summed E-state index contributed by atoms with van der Waals surface area (Å²) in [5, 5.41) is 5.74. The number of halogens is 1. The van der Waals surface area contributed by atoms with Crippen LogP contribution in [0.4, 0.5) is 4.39 Å². The van der Waals surface area contributed by atoms with Gasteiger partial charge in [-0.25, -0.2) is 4.39 Å². The van der Waals surface area contributed by atoms with Crippen molar-refractivity contribution in [2.45, 2.75) is 50.7 Å². The van der Waals surface area contributed by atoms with Crippen LogP contribution in [0.15, 0.2) is 60.2 Å². The van der Waals surface area contributed by atoms with Gasteiger partial charge in [0, 0.05) is 70.2 Å². The Hall–Kier alpha value is -3.56. The van der Waals surface area contributed by atoms with Gasteiger partial charge in [0.1, 0.15) is 17.2 Å². The number of likely N-dealkylation sites (tertiary alicyclic amines) is 1. The minimum absolute atomic E-state index is 0.0603. The molecule has 1 fully saturated rings. The van der Waals surface area contributed by atoms with Crippen LogP contribution in [0.25, 0.3) is 11.3 Å². The number of nitrogens with one attached hydrogen (secondary N) is 2. The van der Waals surface area contributed by atoms with Crippen LogP contribution >= 0.6 is 0 Å². The maximum atomic E-state index is 13.5. The fraction of sp³-hybridized carbons (Fsp3) is 0.452. The second kappa shape index (κ2) is 12.3. The van der Waals surface area contributed by atoms with E-state index < -0.39 is 5.60 Å². The second-order valence-corrected chi connectivity index (χ2v) is 10.9. The van der Waals surface area contributed by atoms with Gasteiger partial charge in [-0.3, -0.25) is 14.6 Å². The molecule has 2 aromatic rings. The van der Waals surface area contributed by atoms with Crippen molar-refractivity contribution >= 4 is 11.7 Å². The summed E-state index contributed by atoms with van der Waals surface area (Å²) in [5.41, 5.74) is 2.77. The molecule has 3 aliphatic rings. The number of pyridine rings is 1. The van der Waals surface area contributed by atoms with Gasteiger partial charge in [-0.2, -0.15) is 0 Å². The third kappa shape index (κ3) is 6.42. The maximum Gasteiger partial charge on any atom is 0.253 e. The van der Waals surface area contributed by atoms with Crippen molar-refractivity contribution in [3.8, 4) is 17.0 Å². The Labute approximate surface area is 234 Å². The number of methoxy groups -OCH3 is 1. The number of hydrogen-bond donors (Lipinski definition) is 2. The highest BCUT2D eigenvalue weighted by Crippen LogP contribution is 2.40. The number of hydrogen-bond acceptors (Lipinski definition) is 7. The van der Waals surface area contributed by atoms with E-state index >= 15 is 0 Å². The van der Waals surface area contributed by atoms with E-state index in [1.54, 1.807) is 19.2 Å². The SMILES string of the molecule is COCCCCN1CCC2(CC1)CC(=O)c1cc(-c3ccc(C(=O)NCC4=CC(F)=CNC4C)cn3)ccc1O2. The summed E-state index contributed by atoms with van der Waals surface area (Å²) in [7, 11) is 1.73. The summed E-state index contributed by atoms with van der Waals surface area (Å²) >= 11 is 0. The lowest BCUT2D eigenvalue weighted by molar-refractivity contribution is -0.00943. The lowest BCUT2D eigenvalue weighted by Gasteiger charge is -2.44. The van der Waals surface area contributed by atoms with Gasteiger partial charge in [0.15, 0.2) is 5.78 Å². The molecule has 1 amide bonds. The van der Waals surface area contributed by atoms with E-state index in [1.807, 2.05) is 25.1 Å². The molecule has 1 aromatic heterocycles. The maximum absolute atomic E-state index is 13.5. The number of Topliss-reactive ketones (excluding diaryl/α,β-unsaturated/α-hetero) is 1. The molecule has 4 heterocycles. The average molecular weight is 549 g/mol. The fourth-order valence-electron chi connectivity index (χ4n) is 5.54. The number of benzene rings is 1. The summed E-state index contributed by atoms with van der Waals surface area (Å²) in [6, 6.07) is 9.01. The van der Waals surface area contributed by atoms with Crippen molar-refractivity contribution in [3.63, 3.8) is 0 Å². The van der Waals surface area contributed by atoms with Gasteiger partial charge in [0.2, 0.25) is 0 Å². The number of allylic oxidation sites excluding steroid dienone is 2. The van der Waals surface area contributed by atoms with Gasteiger partial charge in [0.05, 0.1) is 23.2 Å². The summed E-state index contributed by atoms with van der Waals surface area (Å²) in [5.74, 6) is 0.0749. The number of dihydropyridines is 1. The van der Waals surface area contributed by atoms with Gasteiger partial charge in [-0.15, -0.1) is 0 Å². The van der Waals surface area contributed by atoms with Gasteiger partial charge in [-0.05, 0) is 68.3 Å².